The molecule has 41 heavy (non-hydrogen) atoms. The van der Waals surface area contributed by atoms with Gasteiger partial charge in [0.25, 0.3) is 0 Å². The number of nitrogens with one attached hydrogen (secondary N) is 3. The number of para-hydroxylation sites is 1. The van der Waals surface area contributed by atoms with Crippen LogP contribution in [-0.2, 0) is 0 Å². The molecule has 0 saturated heterocycles. The lowest BCUT2D eigenvalue weighted by atomic mass is 10.1. The Morgan fingerprint density at radius 2 is 1.44 bits per heavy atom. The molecule has 202 valence electrons. The van der Waals surface area contributed by atoms with E-state index in [9.17, 15) is 5.11 Å². The lowest BCUT2D eigenvalue weighted by molar-refractivity contribution is 0.476. The summed E-state index contributed by atoms with van der Waals surface area (Å²) in [4.78, 5) is 1.10. The quantitative estimate of drug-likeness (QED) is 0.165. The highest BCUT2D eigenvalue weighted by atomic mass is 35.5. The van der Waals surface area contributed by atoms with E-state index in [0.717, 1.165) is 59.9 Å². The fourth-order valence-corrected chi connectivity index (χ4v) is 5.60. The monoisotopic (exact) mass is 576 g/mol. The number of phenols is 1. The van der Waals surface area contributed by atoms with Gasteiger partial charge < -0.3 is 5.11 Å². The maximum Gasteiger partial charge on any atom is 0.116 e. The highest BCUT2D eigenvalue weighted by molar-refractivity contribution is 7.13. The molecule has 0 bridgehead atoms. The first kappa shape index (κ1) is 26.3. The van der Waals surface area contributed by atoms with E-state index >= 15 is 0 Å². The first-order valence-corrected chi connectivity index (χ1v) is 14.1. The van der Waals surface area contributed by atoms with E-state index in [4.69, 9.17) is 11.6 Å². The Kier molecular flexibility index (Phi) is 7.49. The van der Waals surface area contributed by atoms with Crippen LogP contribution in [-0.4, -0.2) is 35.7 Å². The zero-order chi connectivity index (χ0) is 28.2. The molecule has 0 radical (unpaired) electrons. The molecular weight excluding hydrogens is 552 g/mol. The number of aryl methyl sites for hydroxylation is 1. The fourth-order valence-electron chi connectivity index (χ4n) is 4.56. The summed E-state index contributed by atoms with van der Waals surface area (Å²) in [6, 6.07) is 33.3. The van der Waals surface area contributed by atoms with Gasteiger partial charge in [-0.1, -0.05) is 72.3 Å². The average Bonchev–Trinajstić information content (AvgIpc) is 3.81. The molecule has 4 N–H and O–H groups in total. The number of aromatic nitrogens is 6. The number of H-pyrrole nitrogens is 3. The summed E-state index contributed by atoms with van der Waals surface area (Å²) in [6.45, 7) is 1.96. The summed E-state index contributed by atoms with van der Waals surface area (Å²) in [5, 5.41) is 36.9. The Morgan fingerprint density at radius 3 is 2.22 bits per heavy atom. The minimum atomic E-state index is 0.265. The molecule has 8 aromatic rings. The largest absolute Gasteiger partial charge is 0.508 e. The molecule has 0 atom stereocenters. The number of aromatic hydroxyl groups is 1. The first-order valence-electron chi connectivity index (χ1n) is 12.9. The second-order valence-electron chi connectivity index (χ2n) is 9.25. The van der Waals surface area contributed by atoms with Crippen molar-refractivity contribution in [2.45, 2.75) is 6.92 Å². The maximum absolute atomic E-state index is 9.43. The Balaban J connectivity index is 0.000000112. The Bertz CT molecular complexity index is 2040. The molecule has 0 spiro atoms. The van der Waals surface area contributed by atoms with Crippen LogP contribution >= 0.6 is 22.9 Å². The van der Waals surface area contributed by atoms with Gasteiger partial charge in [-0.05, 0) is 54.8 Å². The van der Waals surface area contributed by atoms with Crippen molar-refractivity contribution in [2.24, 2.45) is 0 Å². The van der Waals surface area contributed by atoms with Crippen LogP contribution in [0.1, 0.15) is 5.69 Å². The molecule has 0 fully saturated rings. The molecule has 0 amide bonds. The minimum absolute atomic E-state index is 0.265. The van der Waals surface area contributed by atoms with Gasteiger partial charge in [-0.2, -0.15) is 15.3 Å². The molecule has 0 unspecified atom stereocenters. The van der Waals surface area contributed by atoms with Crippen molar-refractivity contribution in [3.8, 4) is 27.6 Å². The summed E-state index contributed by atoms with van der Waals surface area (Å²) in [5.74, 6) is 0.265. The molecule has 4 aromatic carbocycles. The number of halogens is 1. The molecule has 4 heterocycles. The maximum atomic E-state index is 9.43. The van der Waals surface area contributed by atoms with E-state index in [1.807, 2.05) is 85.1 Å². The van der Waals surface area contributed by atoms with Gasteiger partial charge in [-0.25, -0.2) is 0 Å². The topological polar surface area (TPSA) is 106 Å². The zero-order valence-corrected chi connectivity index (χ0v) is 23.5. The fraction of sp³-hybridized carbons (Fsp3) is 0.0312. The van der Waals surface area contributed by atoms with Gasteiger partial charge in [-0.15, -0.1) is 11.3 Å². The lowest BCUT2D eigenvalue weighted by Gasteiger charge is -1.95. The van der Waals surface area contributed by atoms with Crippen LogP contribution < -0.4 is 0 Å². The molecule has 7 nitrogen and oxygen atoms in total. The van der Waals surface area contributed by atoms with Gasteiger partial charge in [0.15, 0.2) is 0 Å². The van der Waals surface area contributed by atoms with Crippen LogP contribution in [0.5, 0.6) is 5.75 Å². The summed E-state index contributed by atoms with van der Waals surface area (Å²) in [5.41, 5.74) is 7.03. The number of aromatic amines is 3. The Labute approximate surface area is 244 Å². The number of hydrogen-bond acceptors (Lipinski definition) is 5. The van der Waals surface area contributed by atoms with E-state index in [0.29, 0.717) is 0 Å². The predicted octanol–water partition coefficient (Wildman–Crippen LogP) is 8.75. The van der Waals surface area contributed by atoms with Crippen molar-refractivity contribution < 1.29 is 5.11 Å². The van der Waals surface area contributed by atoms with Crippen LogP contribution in [0.3, 0.4) is 0 Å². The van der Waals surface area contributed by atoms with Crippen LogP contribution in [0, 0.1) is 6.92 Å². The highest BCUT2D eigenvalue weighted by Crippen LogP contribution is 2.31. The van der Waals surface area contributed by atoms with Gasteiger partial charge >= 0.3 is 0 Å². The number of nitrogens with zero attached hydrogens (tertiary/aromatic N) is 3. The summed E-state index contributed by atoms with van der Waals surface area (Å²) >= 11 is 7.58. The van der Waals surface area contributed by atoms with Crippen molar-refractivity contribution in [1.29, 1.82) is 0 Å². The Hall–Kier alpha value is -4.92. The van der Waals surface area contributed by atoms with E-state index in [1.165, 1.54) is 5.39 Å². The second kappa shape index (κ2) is 11.7. The third-order valence-corrected chi connectivity index (χ3v) is 7.72. The van der Waals surface area contributed by atoms with E-state index in [1.54, 1.807) is 23.5 Å². The summed E-state index contributed by atoms with van der Waals surface area (Å²) in [6.07, 6.45) is 0. The molecule has 9 heteroatoms. The number of phenolic OH excluding ortho intramolecular Hbond substituents is 1. The summed E-state index contributed by atoms with van der Waals surface area (Å²) in [7, 11) is 0. The molecule has 4 aromatic heterocycles. The number of hydrogen-bond donors (Lipinski definition) is 4. The smallest absolute Gasteiger partial charge is 0.116 e. The number of fused-ring (bicyclic) bond motifs is 3. The first-order chi connectivity index (χ1) is 20.1. The zero-order valence-electron chi connectivity index (χ0n) is 22.0. The summed E-state index contributed by atoms with van der Waals surface area (Å²) < 4.78 is 0. The van der Waals surface area contributed by atoms with Gasteiger partial charge in [0, 0.05) is 27.4 Å². The standard InChI is InChI=1S/C13H10N2.C11H8N2OS.C8H7ClN2/c1-2-6-10(7-3-1)13-11-8-4-5-9-12(11)14-15-13;14-7-3-4-9-8(6-7)11(13-12-9)10-2-1-5-15-10;1-5-8-6(9)3-2-4-7(8)11-10-5/h1-9H,(H,14,15);1-6,14H,(H,12,13);2-4H,1H3,(H,10,11). The molecule has 0 aliphatic rings. The third kappa shape index (κ3) is 5.56. The molecule has 0 saturated carbocycles. The molecular formula is C32H25ClN6OS. The van der Waals surface area contributed by atoms with Crippen molar-refractivity contribution in [1.82, 2.24) is 30.6 Å². The lowest BCUT2D eigenvalue weighted by Crippen LogP contribution is -1.76. The van der Waals surface area contributed by atoms with Crippen LogP contribution in [0.4, 0.5) is 0 Å². The molecule has 0 aliphatic carbocycles. The van der Waals surface area contributed by atoms with E-state index in [-0.39, 0.29) is 5.75 Å². The predicted molar refractivity (Wildman–Crippen MR) is 168 cm³/mol. The average molecular weight is 577 g/mol. The van der Waals surface area contributed by atoms with Crippen molar-refractivity contribution in [3.63, 3.8) is 0 Å². The van der Waals surface area contributed by atoms with E-state index < -0.39 is 0 Å². The van der Waals surface area contributed by atoms with Crippen molar-refractivity contribution in [2.75, 3.05) is 0 Å². The third-order valence-electron chi connectivity index (χ3n) is 6.53. The molecule has 8 rings (SSSR count). The SMILES string of the molecule is Cc1[nH]nc2cccc(Cl)c12.Oc1ccc2[nH]nc(-c3cccs3)c2c1.c1ccc(-c2n[nH]c3ccccc23)cc1. The van der Waals surface area contributed by atoms with Gasteiger partial charge in [0.05, 0.1) is 32.1 Å². The second-order valence-corrected chi connectivity index (χ2v) is 10.6. The van der Waals surface area contributed by atoms with Crippen LogP contribution in [0.2, 0.25) is 5.02 Å². The van der Waals surface area contributed by atoms with Gasteiger partial charge in [0.1, 0.15) is 11.4 Å². The number of rotatable bonds is 2. The van der Waals surface area contributed by atoms with Crippen LogP contribution in [0.25, 0.3) is 54.5 Å². The van der Waals surface area contributed by atoms with Gasteiger partial charge in [-0.3, -0.25) is 15.3 Å². The molecule has 0 aliphatic heterocycles. The minimum Gasteiger partial charge on any atom is -0.508 e. The highest BCUT2D eigenvalue weighted by Gasteiger charge is 2.09. The van der Waals surface area contributed by atoms with Crippen LogP contribution in [0.15, 0.2) is 109 Å². The van der Waals surface area contributed by atoms with E-state index in [2.05, 4.69) is 48.8 Å². The normalized spacial score (nSPS) is 10.8. The van der Waals surface area contributed by atoms with Crippen molar-refractivity contribution >= 4 is 55.6 Å². The number of thiophene rings is 1. The Morgan fingerprint density at radius 1 is 0.683 bits per heavy atom. The number of benzene rings is 4. The van der Waals surface area contributed by atoms with Crippen molar-refractivity contribution in [3.05, 3.63) is 119 Å². The van der Waals surface area contributed by atoms with Gasteiger partial charge in [0.2, 0.25) is 0 Å².